The van der Waals surface area contributed by atoms with Crippen molar-refractivity contribution in [3.05, 3.63) is 64.4 Å². The van der Waals surface area contributed by atoms with Crippen molar-refractivity contribution in [2.24, 2.45) is 0 Å². The van der Waals surface area contributed by atoms with E-state index in [1.807, 2.05) is 0 Å². The van der Waals surface area contributed by atoms with Crippen molar-refractivity contribution < 1.29 is 18.7 Å². The van der Waals surface area contributed by atoms with Crippen LogP contribution in [-0.2, 0) is 16.1 Å². The predicted molar refractivity (Wildman–Crippen MR) is 100 cm³/mol. The lowest BCUT2D eigenvalue weighted by atomic mass is 10.1. The Morgan fingerprint density at radius 2 is 1.85 bits per heavy atom. The average Bonchev–Trinajstić information content (AvgIpc) is 2.65. The van der Waals surface area contributed by atoms with E-state index in [0.717, 1.165) is 4.47 Å². The number of ether oxygens (including phenoxy) is 1. The summed E-state index contributed by atoms with van der Waals surface area (Å²) in [5, 5.41) is 2.51. The van der Waals surface area contributed by atoms with E-state index in [4.69, 9.17) is 4.74 Å². The molecule has 2 aromatic carbocycles. The highest BCUT2D eigenvalue weighted by Gasteiger charge is 2.26. The third-order valence-electron chi connectivity index (χ3n) is 3.89. The molecule has 5 nitrogen and oxygen atoms in total. The summed E-state index contributed by atoms with van der Waals surface area (Å²) in [4.78, 5) is 26.0. The summed E-state index contributed by atoms with van der Waals surface area (Å²) < 4.78 is 20.4. The Balaban J connectivity index is 2.13. The van der Waals surface area contributed by atoms with E-state index in [1.165, 1.54) is 18.0 Å². The maximum absolute atomic E-state index is 14.0. The number of nitrogens with zero attached hydrogens (tertiary/aromatic N) is 1. The number of benzene rings is 2. The Morgan fingerprint density at radius 1 is 1.19 bits per heavy atom. The first-order chi connectivity index (χ1) is 12.4. The molecule has 1 atom stereocenters. The molecule has 0 radical (unpaired) electrons. The van der Waals surface area contributed by atoms with Crippen LogP contribution >= 0.6 is 15.9 Å². The molecule has 2 rings (SSSR count). The molecule has 138 valence electrons. The van der Waals surface area contributed by atoms with Gasteiger partial charge in [-0.05, 0) is 37.3 Å². The van der Waals surface area contributed by atoms with Crippen LogP contribution in [0.3, 0.4) is 0 Å². The first kappa shape index (κ1) is 19.9. The van der Waals surface area contributed by atoms with Gasteiger partial charge in [0.1, 0.15) is 17.6 Å². The molecule has 0 aliphatic rings. The van der Waals surface area contributed by atoms with Crippen LogP contribution in [0, 0.1) is 5.82 Å². The van der Waals surface area contributed by atoms with Gasteiger partial charge >= 0.3 is 0 Å². The van der Waals surface area contributed by atoms with Crippen LogP contribution in [0.1, 0.15) is 12.5 Å². The maximum atomic E-state index is 14.0. The monoisotopic (exact) mass is 422 g/mol. The molecule has 1 N–H and O–H groups in total. The van der Waals surface area contributed by atoms with Crippen molar-refractivity contribution >= 4 is 27.7 Å². The molecule has 2 amide bonds. The molecule has 0 aliphatic heterocycles. The topological polar surface area (TPSA) is 58.6 Å². The van der Waals surface area contributed by atoms with E-state index < -0.39 is 17.8 Å². The maximum Gasteiger partial charge on any atom is 0.261 e. The number of halogens is 2. The van der Waals surface area contributed by atoms with Gasteiger partial charge in [-0.1, -0.05) is 34.1 Å². The van der Waals surface area contributed by atoms with Crippen LogP contribution in [0.25, 0.3) is 0 Å². The molecular weight excluding hydrogens is 403 g/mol. The van der Waals surface area contributed by atoms with Crippen molar-refractivity contribution in [3.8, 4) is 5.75 Å². The zero-order chi connectivity index (χ0) is 19.1. The van der Waals surface area contributed by atoms with Crippen LogP contribution in [-0.4, -0.2) is 36.4 Å². The van der Waals surface area contributed by atoms with Crippen molar-refractivity contribution in [1.29, 1.82) is 0 Å². The molecule has 7 heteroatoms. The largest absolute Gasteiger partial charge is 0.484 e. The van der Waals surface area contributed by atoms with Gasteiger partial charge < -0.3 is 15.0 Å². The van der Waals surface area contributed by atoms with Gasteiger partial charge in [0.25, 0.3) is 5.91 Å². The Labute approximate surface area is 160 Å². The molecule has 0 saturated carbocycles. The number of carbonyl (C=O) groups is 2. The summed E-state index contributed by atoms with van der Waals surface area (Å²) in [5.74, 6) is -0.645. The average molecular weight is 423 g/mol. The van der Waals surface area contributed by atoms with E-state index >= 15 is 0 Å². The third-order valence-corrected chi connectivity index (χ3v) is 4.42. The minimum atomic E-state index is -0.763. The third kappa shape index (κ3) is 5.29. The van der Waals surface area contributed by atoms with E-state index in [-0.39, 0.29) is 19.1 Å². The molecule has 2 aromatic rings. The highest BCUT2D eigenvalue weighted by Crippen LogP contribution is 2.17. The zero-order valence-electron chi connectivity index (χ0n) is 14.5. The summed E-state index contributed by atoms with van der Waals surface area (Å²) in [6, 6.07) is 12.4. The van der Waals surface area contributed by atoms with Crippen molar-refractivity contribution in [2.75, 3.05) is 13.7 Å². The summed E-state index contributed by atoms with van der Waals surface area (Å²) >= 11 is 3.32. The van der Waals surface area contributed by atoms with Gasteiger partial charge in [0, 0.05) is 23.6 Å². The molecule has 0 saturated heterocycles. The van der Waals surface area contributed by atoms with E-state index in [1.54, 1.807) is 49.4 Å². The van der Waals surface area contributed by atoms with Crippen molar-refractivity contribution in [3.63, 3.8) is 0 Å². The smallest absolute Gasteiger partial charge is 0.261 e. The molecule has 0 bridgehead atoms. The summed E-state index contributed by atoms with van der Waals surface area (Å²) in [5.41, 5.74) is 0.334. The van der Waals surface area contributed by atoms with Crippen LogP contribution in [0.4, 0.5) is 4.39 Å². The molecule has 0 aliphatic carbocycles. The van der Waals surface area contributed by atoms with E-state index in [0.29, 0.717) is 11.3 Å². The van der Waals surface area contributed by atoms with Crippen LogP contribution in [0.5, 0.6) is 5.75 Å². The van der Waals surface area contributed by atoms with Crippen molar-refractivity contribution in [1.82, 2.24) is 10.2 Å². The molecule has 0 fully saturated rings. The minimum absolute atomic E-state index is 0.0240. The quantitative estimate of drug-likeness (QED) is 0.745. The second-order valence-corrected chi connectivity index (χ2v) is 6.56. The van der Waals surface area contributed by atoms with Gasteiger partial charge in [-0.15, -0.1) is 0 Å². The fourth-order valence-electron chi connectivity index (χ4n) is 2.36. The zero-order valence-corrected chi connectivity index (χ0v) is 16.1. The lowest BCUT2D eigenvalue weighted by molar-refractivity contribution is -0.142. The second-order valence-electron chi connectivity index (χ2n) is 5.65. The van der Waals surface area contributed by atoms with Gasteiger partial charge in [-0.2, -0.15) is 0 Å². The fraction of sp³-hybridized carbons (Fsp3) is 0.263. The predicted octanol–water partition coefficient (Wildman–Crippen LogP) is 3.13. The molecule has 26 heavy (non-hydrogen) atoms. The van der Waals surface area contributed by atoms with Gasteiger partial charge in [0.05, 0.1) is 0 Å². The minimum Gasteiger partial charge on any atom is -0.484 e. The molecule has 0 aromatic heterocycles. The summed E-state index contributed by atoms with van der Waals surface area (Å²) in [7, 11) is 1.49. The van der Waals surface area contributed by atoms with E-state index in [9.17, 15) is 14.0 Å². The highest BCUT2D eigenvalue weighted by atomic mass is 79.9. The molecule has 0 heterocycles. The second kappa shape index (κ2) is 9.33. The Kier molecular flexibility index (Phi) is 7.15. The van der Waals surface area contributed by atoms with E-state index in [2.05, 4.69) is 21.2 Å². The lowest BCUT2D eigenvalue weighted by Gasteiger charge is -2.28. The Hall–Kier alpha value is -2.41. The summed E-state index contributed by atoms with van der Waals surface area (Å²) in [6.07, 6.45) is 0. The molecular formula is C19H20BrFN2O3. The first-order valence-corrected chi connectivity index (χ1v) is 8.84. The van der Waals surface area contributed by atoms with Gasteiger partial charge in [0.2, 0.25) is 5.91 Å². The van der Waals surface area contributed by atoms with Gasteiger partial charge in [-0.3, -0.25) is 9.59 Å². The van der Waals surface area contributed by atoms with Gasteiger partial charge in [-0.25, -0.2) is 4.39 Å². The highest BCUT2D eigenvalue weighted by molar-refractivity contribution is 9.10. The summed E-state index contributed by atoms with van der Waals surface area (Å²) in [6.45, 7) is 1.32. The first-order valence-electron chi connectivity index (χ1n) is 8.05. The molecule has 1 unspecified atom stereocenters. The number of carbonyl (C=O) groups excluding carboxylic acids is 2. The number of amides is 2. The number of hydrogen-bond acceptors (Lipinski definition) is 3. The number of likely N-dealkylation sites (N-methyl/N-ethyl adjacent to an activating group) is 1. The standard InChI is InChI=1S/C19H20BrFN2O3/c1-13(19(25)22-2)23(11-14-5-3-4-6-17(14)21)18(24)12-26-16-9-7-15(20)8-10-16/h3-10,13H,11-12H2,1-2H3,(H,22,25). The van der Waals surface area contributed by atoms with Crippen LogP contribution < -0.4 is 10.1 Å². The lowest BCUT2D eigenvalue weighted by Crippen LogP contribution is -2.48. The fourth-order valence-corrected chi connectivity index (χ4v) is 2.62. The number of hydrogen-bond donors (Lipinski definition) is 1. The SMILES string of the molecule is CNC(=O)C(C)N(Cc1ccccc1F)C(=O)COc1ccc(Br)cc1. The van der Waals surface area contributed by atoms with Crippen molar-refractivity contribution in [2.45, 2.75) is 19.5 Å². The normalized spacial score (nSPS) is 11.5. The number of rotatable bonds is 7. The number of nitrogens with one attached hydrogen (secondary N) is 1. The Morgan fingerprint density at radius 3 is 2.46 bits per heavy atom. The van der Waals surface area contributed by atoms with Crippen LogP contribution in [0.2, 0.25) is 0 Å². The molecule has 0 spiro atoms. The van der Waals surface area contributed by atoms with Crippen LogP contribution in [0.15, 0.2) is 53.0 Å². The Bertz CT molecular complexity index is 768. The van der Waals surface area contributed by atoms with Gasteiger partial charge in [0.15, 0.2) is 6.61 Å².